The van der Waals surface area contributed by atoms with Crippen LogP contribution in [-0.4, -0.2) is 53.5 Å². The molecule has 2 aromatic carbocycles. The lowest BCUT2D eigenvalue weighted by molar-refractivity contribution is 0.409. The van der Waals surface area contributed by atoms with Crippen molar-refractivity contribution in [2.45, 2.75) is 24.8 Å². The molecular weight excluding hydrogens is 388 g/mol. The van der Waals surface area contributed by atoms with Crippen LogP contribution in [0.3, 0.4) is 0 Å². The Bertz CT molecular complexity index is 956. The maximum Gasteiger partial charge on any atom is 0.242 e. The third kappa shape index (κ3) is 5.95. The van der Waals surface area contributed by atoms with Crippen LogP contribution in [0, 0.1) is 6.92 Å². The van der Waals surface area contributed by atoms with Gasteiger partial charge in [0.1, 0.15) is 5.75 Å². The number of nitrogens with zero attached hydrogens (tertiary/aromatic N) is 2. The average Bonchev–Trinajstić information content (AvgIpc) is 2.70. The quantitative estimate of drug-likeness (QED) is 0.507. The molecule has 0 fully saturated rings. The fourth-order valence-electron chi connectivity index (χ4n) is 2.92. The zero-order valence-corrected chi connectivity index (χ0v) is 18.5. The SMILES string of the molecule is CN=C(NCCc1cc(C)ccc1OC)NCc1ccccc1S(=O)(=O)N(C)C. The Morgan fingerprint density at radius 1 is 1.10 bits per heavy atom. The number of aryl methyl sites for hydroxylation is 1. The summed E-state index contributed by atoms with van der Waals surface area (Å²) in [5.41, 5.74) is 2.99. The smallest absolute Gasteiger partial charge is 0.242 e. The highest BCUT2D eigenvalue weighted by atomic mass is 32.2. The molecule has 2 rings (SSSR count). The molecule has 29 heavy (non-hydrogen) atoms. The van der Waals surface area contributed by atoms with Gasteiger partial charge in [0.15, 0.2) is 5.96 Å². The molecule has 0 aliphatic rings. The fourth-order valence-corrected chi connectivity index (χ4v) is 4.03. The Labute approximate surface area is 173 Å². The second kappa shape index (κ2) is 10.3. The molecule has 0 aliphatic carbocycles. The van der Waals surface area contributed by atoms with E-state index in [9.17, 15) is 8.42 Å². The van der Waals surface area contributed by atoms with E-state index in [1.165, 1.54) is 24.0 Å². The zero-order chi connectivity index (χ0) is 21.4. The summed E-state index contributed by atoms with van der Waals surface area (Å²) < 4.78 is 31.7. The van der Waals surface area contributed by atoms with Crippen molar-refractivity contribution in [1.82, 2.24) is 14.9 Å². The molecule has 0 saturated heterocycles. The summed E-state index contributed by atoms with van der Waals surface area (Å²) in [6.07, 6.45) is 0.775. The van der Waals surface area contributed by atoms with E-state index in [-0.39, 0.29) is 4.90 Å². The largest absolute Gasteiger partial charge is 0.496 e. The summed E-state index contributed by atoms with van der Waals surface area (Å²) >= 11 is 0. The van der Waals surface area contributed by atoms with E-state index in [2.05, 4.69) is 28.6 Å². The lowest BCUT2D eigenvalue weighted by Crippen LogP contribution is -2.38. The highest BCUT2D eigenvalue weighted by Gasteiger charge is 2.20. The van der Waals surface area contributed by atoms with E-state index in [4.69, 9.17) is 4.74 Å². The van der Waals surface area contributed by atoms with Crippen molar-refractivity contribution in [3.05, 3.63) is 59.2 Å². The molecule has 0 aromatic heterocycles. The normalized spacial score (nSPS) is 12.1. The number of benzene rings is 2. The third-order valence-electron chi connectivity index (χ3n) is 4.52. The van der Waals surface area contributed by atoms with Crippen LogP contribution in [0.2, 0.25) is 0 Å². The predicted octanol–water partition coefficient (Wildman–Crippen LogP) is 2.16. The summed E-state index contributed by atoms with van der Waals surface area (Å²) in [5, 5.41) is 6.45. The monoisotopic (exact) mass is 418 g/mol. The average molecular weight is 419 g/mol. The van der Waals surface area contributed by atoms with Gasteiger partial charge in [0.25, 0.3) is 0 Å². The highest BCUT2D eigenvalue weighted by Crippen LogP contribution is 2.20. The van der Waals surface area contributed by atoms with Gasteiger partial charge < -0.3 is 15.4 Å². The van der Waals surface area contributed by atoms with Crippen molar-refractivity contribution in [3.63, 3.8) is 0 Å². The molecule has 2 aromatic rings. The Balaban J connectivity index is 2.00. The van der Waals surface area contributed by atoms with E-state index >= 15 is 0 Å². The van der Waals surface area contributed by atoms with Crippen LogP contribution in [0.25, 0.3) is 0 Å². The van der Waals surface area contributed by atoms with E-state index in [1.54, 1.807) is 32.4 Å². The molecule has 0 atom stereocenters. The van der Waals surface area contributed by atoms with E-state index in [1.807, 2.05) is 18.2 Å². The highest BCUT2D eigenvalue weighted by molar-refractivity contribution is 7.89. The predicted molar refractivity (Wildman–Crippen MR) is 117 cm³/mol. The lowest BCUT2D eigenvalue weighted by atomic mass is 10.1. The molecular formula is C21H30N4O3S. The minimum atomic E-state index is -3.51. The number of guanidine groups is 1. The molecule has 158 valence electrons. The minimum absolute atomic E-state index is 0.289. The molecule has 0 radical (unpaired) electrons. The van der Waals surface area contributed by atoms with Gasteiger partial charge in [-0.15, -0.1) is 0 Å². The summed E-state index contributed by atoms with van der Waals surface area (Å²) in [5.74, 6) is 1.47. The molecule has 0 saturated carbocycles. The molecule has 7 nitrogen and oxygen atoms in total. The number of methoxy groups -OCH3 is 1. The van der Waals surface area contributed by atoms with E-state index in [0.29, 0.717) is 24.6 Å². The van der Waals surface area contributed by atoms with E-state index in [0.717, 1.165) is 17.7 Å². The molecule has 0 unspecified atom stereocenters. The van der Waals surface area contributed by atoms with Gasteiger partial charge in [-0.2, -0.15) is 0 Å². The second-order valence-corrected chi connectivity index (χ2v) is 8.93. The molecule has 2 N–H and O–H groups in total. The number of rotatable bonds is 8. The summed E-state index contributed by atoms with van der Waals surface area (Å²) in [6, 6.07) is 13.1. The van der Waals surface area contributed by atoms with Crippen LogP contribution >= 0.6 is 0 Å². The van der Waals surface area contributed by atoms with Crippen LogP contribution in [0.4, 0.5) is 0 Å². The summed E-state index contributed by atoms with van der Waals surface area (Å²) in [4.78, 5) is 4.51. The lowest BCUT2D eigenvalue weighted by Gasteiger charge is -2.17. The fraction of sp³-hybridized carbons (Fsp3) is 0.381. The molecule has 0 heterocycles. The van der Waals surface area contributed by atoms with Gasteiger partial charge in [-0.1, -0.05) is 35.9 Å². The van der Waals surface area contributed by atoms with Crippen LogP contribution < -0.4 is 15.4 Å². The maximum absolute atomic E-state index is 12.5. The molecule has 0 bridgehead atoms. The summed E-state index contributed by atoms with van der Waals surface area (Å²) in [7, 11) is 2.90. The van der Waals surface area contributed by atoms with Crippen LogP contribution in [0.1, 0.15) is 16.7 Å². The Hall–Kier alpha value is -2.58. The van der Waals surface area contributed by atoms with Gasteiger partial charge in [0, 0.05) is 34.2 Å². The van der Waals surface area contributed by atoms with Crippen LogP contribution in [0.5, 0.6) is 5.75 Å². The van der Waals surface area contributed by atoms with Gasteiger partial charge in [-0.3, -0.25) is 4.99 Å². The number of hydrogen-bond acceptors (Lipinski definition) is 4. The Morgan fingerprint density at radius 2 is 1.83 bits per heavy atom. The first-order valence-electron chi connectivity index (χ1n) is 9.38. The van der Waals surface area contributed by atoms with Crippen LogP contribution in [-0.2, 0) is 23.0 Å². The van der Waals surface area contributed by atoms with Gasteiger partial charge in [-0.25, -0.2) is 12.7 Å². The first kappa shape index (κ1) is 22.7. The zero-order valence-electron chi connectivity index (χ0n) is 17.7. The first-order chi connectivity index (χ1) is 13.8. The van der Waals surface area contributed by atoms with Gasteiger partial charge >= 0.3 is 0 Å². The van der Waals surface area contributed by atoms with Crippen molar-refractivity contribution in [2.24, 2.45) is 4.99 Å². The van der Waals surface area contributed by atoms with Gasteiger partial charge in [0.2, 0.25) is 10.0 Å². The number of nitrogens with one attached hydrogen (secondary N) is 2. The molecule has 0 aliphatic heterocycles. The molecule has 8 heteroatoms. The van der Waals surface area contributed by atoms with Crippen LogP contribution in [0.15, 0.2) is 52.4 Å². The summed E-state index contributed by atoms with van der Waals surface area (Å²) in [6.45, 7) is 3.06. The second-order valence-electron chi connectivity index (χ2n) is 6.81. The Morgan fingerprint density at radius 3 is 2.48 bits per heavy atom. The van der Waals surface area contributed by atoms with Crippen molar-refractivity contribution in [1.29, 1.82) is 0 Å². The number of ether oxygens (including phenoxy) is 1. The van der Waals surface area contributed by atoms with E-state index < -0.39 is 10.0 Å². The Kier molecular flexibility index (Phi) is 8.04. The number of hydrogen-bond donors (Lipinski definition) is 2. The van der Waals surface area contributed by atoms with Crippen molar-refractivity contribution in [2.75, 3.05) is 34.8 Å². The standard InChI is InChI=1S/C21H30N4O3S/c1-16-10-11-19(28-5)17(14-16)12-13-23-21(22-2)24-15-18-8-6-7-9-20(18)29(26,27)25(3)4/h6-11,14H,12-13,15H2,1-5H3,(H2,22,23,24). The first-order valence-corrected chi connectivity index (χ1v) is 10.8. The van der Waals surface area contributed by atoms with Gasteiger partial charge in [0.05, 0.1) is 12.0 Å². The van der Waals surface area contributed by atoms with Crippen molar-refractivity contribution >= 4 is 16.0 Å². The molecule has 0 spiro atoms. The maximum atomic E-state index is 12.5. The number of aliphatic imine (C=N–C) groups is 1. The molecule has 0 amide bonds. The van der Waals surface area contributed by atoms with Crippen molar-refractivity contribution < 1.29 is 13.2 Å². The number of sulfonamides is 1. The van der Waals surface area contributed by atoms with Crippen molar-refractivity contribution in [3.8, 4) is 5.75 Å². The topological polar surface area (TPSA) is 83.0 Å². The minimum Gasteiger partial charge on any atom is -0.496 e. The third-order valence-corrected chi connectivity index (χ3v) is 6.44. The van der Waals surface area contributed by atoms with Gasteiger partial charge in [-0.05, 0) is 36.6 Å².